The third kappa shape index (κ3) is 8.53. The minimum absolute atomic E-state index is 0. The highest BCUT2D eigenvalue weighted by Crippen LogP contribution is 2.08. The number of aryl methyl sites for hydroxylation is 1. The van der Waals surface area contributed by atoms with Gasteiger partial charge in [0.15, 0.2) is 5.96 Å². The molecule has 0 aliphatic rings. The second kappa shape index (κ2) is 12.6. The molecule has 1 aromatic carbocycles. The molecule has 0 aliphatic carbocycles. The molecule has 0 saturated heterocycles. The monoisotopic (exact) mass is 423 g/mol. The van der Waals surface area contributed by atoms with E-state index in [1.165, 1.54) is 6.07 Å². The number of guanidine groups is 1. The van der Waals surface area contributed by atoms with E-state index in [0.717, 1.165) is 31.0 Å². The van der Waals surface area contributed by atoms with Gasteiger partial charge >= 0.3 is 0 Å². The molecule has 6 heteroatoms. The topological polar surface area (TPSA) is 45.6 Å². The first-order chi connectivity index (χ1) is 10.2. The van der Waals surface area contributed by atoms with Gasteiger partial charge in [-0.1, -0.05) is 25.5 Å². The summed E-state index contributed by atoms with van der Waals surface area (Å²) < 4.78 is 18.7. The van der Waals surface area contributed by atoms with Crippen molar-refractivity contribution in [2.45, 2.75) is 33.2 Å². The summed E-state index contributed by atoms with van der Waals surface area (Å²) in [4.78, 5) is 4.14. The number of rotatable bonds is 8. The fraction of sp³-hybridized carbons (Fsp3) is 0.562. The zero-order valence-corrected chi connectivity index (χ0v) is 15.9. The fourth-order valence-electron chi connectivity index (χ4n) is 1.81. The third-order valence-corrected chi connectivity index (χ3v) is 3.09. The molecule has 22 heavy (non-hydrogen) atoms. The van der Waals surface area contributed by atoms with Gasteiger partial charge in [-0.3, -0.25) is 4.99 Å². The van der Waals surface area contributed by atoms with E-state index in [4.69, 9.17) is 4.74 Å². The summed E-state index contributed by atoms with van der Waals surface area (Å²) in [5.74, 6) is 0.543. The van der Waals surface area contributed by atoms with Crippen LogP contribution >= 0.6 is 24.0 Å². The lowest BCUT2D eigenvalue weighted by atomic mass is 10.1. The van der Waals surface area contributed by atoms with Crippen LogP contribution in [0.5, 0.6) is 0 Å². The highest BCUT2D eigenvalue weighted by molar-refractivity contribution is 14.0. The number of nitrogens with one attached hydrogen (secondary N) is 2. The number of hydrogen-bond donors (Lipinski definition) is 2. The third-order valence-electron chi connectivity index (χ3n) is 3.09. The van der Waals surface area contributed by atoms with Crippen molar-refractivity contribution in [3.8, 4) is 0 Å². The van der Waals surface area contributed by atoms with Gasteiger partial charge in [-0.05, 0) is 30.5 Å². The quantitative estimate of drug-likeness (QED) is 0.292. The first-order valence-electron chi connectivity index (χ1n) is 7.44. The number of ether oxygens (including phenoxy) is 1. The van der Waals surface area contributed by atoms with Gasteiger partial charge in [0, 0.05) is 26.7 Å². The summed E-state index contributed by atoms with van der Waals surface area (Å²) >= 11 is 0. The van der Waals surface area contributed by atoms with Crippen molar-refractivity contribution in [1.82, 2.24) is 10.6 Å². The summed E-state index contributed by atoms with van der Waals surface area (Å²) in [6.07, 6.45) is 2.24. The molecule has 1 rings (SSSR count). The van der Waals surface area contributed by atoms with Gasteiger partial charge in [0.2, 0.25) is 0 Å². The second-order valence-corrected chi connectivity index (χ2v) is 4.90. The van der Waals surface area contributed by atoms with E-state index >= 15 is 0 Å². The number of hydrogen-bond acceptors (Lipinski definition) is 2. The molecule has 0 heterocycles. The minimum Gasteiger partial charge on any atom is -0.380 e. The Hall–Kier alpha value is -0.890. The van der Waals surface area contributed by atoms with E-state index in [2.05, 4.69) is 22.5 Å². The largest absolute Gasteiger partial charge is 0.380 e. The van der Waals surface area contributed by atoms with Crippen LogP contribution in [-0.4, -0.2) is 32.8 Å². The SMILES string of the molecule is CCCCOCCNC(=NC)NCc1ccc(F)c(C)c1.I. The lowest BCUT2D eigenvalue weighted by Gasteiger charge is -2.12. The zero-order chi connectivity index (χ0) is 15.5. The molecule has 4 nitrogen and oxygen atoms in total. The van der Waals surface area contributed by atoms with E-state index in [1.54, 1.807) is 20.0 Å². The van der Waals surface area contributed by atoms with Crippen LogP contribution in [0.15, 0.2) is 23.2 Å². The van der Waals surface area contributed by atoms with Gasteiger partial charge in [-0.15, -0.1) is 24.0 Å². The summed E-state index contributed by atoms with van der Waals surface area (Å²) in [5.41, 5.74) is 1.68. The van der Waals surface area contributed by atoms with Crippen molar-refractivity contribution in [3.63, 3.8) is 0 Å². The Labute approximate surface area is 149 Å². The van der Waals surface area contributed by atoms with Crippen molar-refractivity contribution in [1.29, 1.82) is 0 Å². The molecule has 0 bridgehead atoms. The average molecular weight is 423 g/mol. The van der Waals surface area contributed by atoms with Crippen LogP contribution < -0.4 is 10.6 Å². The Morgan fingerprint density at radius 3 is 2.68 bits per heavy atom. The number of nitrogens with zero attached hydrogens (tertiary/aromatic N) is 1. The smallest absolute Gasteiger partial charge is 0.191 e. The fourth-order valence-corrected chi connectivity index (χ4v) is 1.81. The first kappa shape index (κ1) is 21.1. The predicted octanol–water partition coefficient (Wildman–Crippen LogP) is 3.23. The molecular weight excluding hydrogens is 396 g/mol. The van der Waals surface area contributed by atoms with Crippen molar-refractivity contribution in [2.75, 3.05) is 26.8 Å². The summed E-state index contributed by atoms with van der Waals surface area (Å²) in [6.45, 7) is 6.70. The molecule has 0 atom stereocenters. The molecular formula is C16H27FIN3O. The Kier molecular flexibility index (Phi) is 12.1. The maximum atomic E-state index is 13.2. The molecule has 126 valence electrons. The van der Waals surface area contributed by atoms with Gasteiger partial charge in [-0.25, -0.2) is 4.39 Å². The molecule has 0 radical (unpaired) electrons. The number of aliphatic imine (C=N–C) groups is 1. The first-order valence-corrected chi connectivity index (χ1v) is 7.44. The molecule has 0 aromatic heterocycles. The van der Waals surface area contributed by atoms with Gasteiger partial charge in [0.05, 0.1) is 6.61 Å². The van der Waals surface area contributed by atoms with Crippen LogP contribution in [0.1, 0.15) is 30.9 Å². The molecule has 0 saturated carbocycles. The second-order valence-electron chi connectivity index (χ2n) is 4.90. The number of unbranched alkanes of at least 4 members (excludes halogenated alkanes) is 1. The van der Waals surface area contributed by atoms with Crippen LogP contribution in [-0.2, 0) is 11.3 Å². The van der Waals surface area contributed by atoms with Gasteiger partial charge in [-0.2, -0.15) is 0 Å². The maximum absolute atomic E-state index is 13.2. The molecule has 0 spiro atoms. The highest BCUT2D eigenvalue weighted by Gasteiger charge is 2.01. The number of benzene rings is 1. The average Bonchev–Trinajstić information content (AvgIpc) is 2.49. The van der Waals surface area contributed by atoms with Crippen LogP contribution in [0.2, 0.25) is 0 Å². The molecule has 0 unspecified atom stereocenters. The van der Waals surface area contributed by atoms with E-state index < -0.39 is 0 Å². The van der Waals surface area contributed by atoms with Gasteiger partial charge in [0.1, 0.15) is 5.82 Å². The molecule has 1 aromatic rings. The van der Waals surface area contributed by atoms with Crippen LogP contribution in [0.4, 0.5) is 4.39 Å². The van der Waals surface area contributed by atoms with E-state index in [-0.39, 0.29) is 29.8 Å². The highest BCUT2D eigenvalue weighted by atomic mass is 127. The Balaban J connectivity index is 0.00000441. The van der Waals surface area contributed by atoms with E-state index in [9.17, 15) is 4.39 Å². The maximum Gasteiger partial charge on any atom is 0.191 e. The Morgan fingerprint density at radius 2 is 2.05 bits per heavy atom. The van der Waals surface area contributed by atoms with Crippen molar-refractivity contribution in [3.05, 3.63) is 35.1 Å². The van der Waals surface area contributed by atoms with Crippen LogP contribution in [0, 0.1) is 12.7 Å². The van der Waals surface area contributed by atoms with E-state index in [0.29, 0.717) is 25.3 Å². The van der Waals surface area contributed by atoms with Crippen LogP contribution in [0.3, 0.4) is 0 Å². The van der Waals surface area contributed by atoms with Crippen molar-refractivity contribution < 1.29 is 9.13 Å². The lowest BCUT2D eigenvalue weighted by molar-refractivity contribution is 0.136. The summed E-state index contributed by atoms with van der Waals surface area (Å²) in [6, 6.07) is 5.10. The predicted molar refractivity (Wildman–Crippen MR) is 100 cm³/mol. The zero-order valence-electron chi connectivity index (χ0n) is 13.6. The van der Waals surface area contributed by atoms with E-state index in [1.807, 2.05) is 6.07 Å². The molecule has 2 N–H and O–H groups in total. The summed E-state index contributed by atoms with van der Waals surface area (Å²) in [7, 11) is 1.73. The van der Waals surface area contributed by atoms with Gasteiger partial charge < -0.3 is 15.4 Å². The Morgan fingerprint density at radius 1 is 1.27 bits per heavy atom. The summed E-state index contributed by atoms with van der Waals surface area (Å²) in [5, 5.41) is 6.38. The minimum atomic E-state index is -0.175. The molecule has 0 fully saturated rings. The molecule has 0 aliphatic heterocycles. The normalized spacial score (nSPS) is 11.0. The lowest BCUT2D eigenvalue weighted by Crippen LogP contribution is -2.38. The van der Waals surface area contributed by atoms with Crippen molar-refractivity contribution in [2.24, 2.45) is 4.99 Å². The standard InChI is InChI=1S/C16H26FN3O.HI/c1-4-5-9-21-10-8-19-16(18-3)20-12-14-6-7-15(17)13(2)11-14;/h6-7,11H,4-5,8-10,12H2,1-3H3,(H2,18,19,20);1H. The number of halogens is 2. The van der Waals surface area contributed by atoms with Crippen LogP contribution in [0.25, 0.3) is 0 Å². The molecule has 0 amide bonds. The van der Waals surface area contributed by atoms with Gasteiger partial charge in [0.25, 0.3) is 0 Å². The van der Waals surface area contributed by atoms with Crippen molar-refractivity contribution >= 4 is 29.9 Å². The Bertz CT molecular complexity index is 455.